The van der Waals surface area contributed by atoms with Crippen molar-refractivity contribution < 1.29 is 18.8 Å². The maximum absolute atomic E-state index is 13.2. The van der Waals surface area contributed by atoms with Gasteiger partial charge in [0.15, 0.2) is 11.3 Å². The van der Waals surface area contributed by atoms with Crippen LogP contribution >= 0.6 is 0 Å². The second kappa shape index (κ2) is 11.5. The number of amides is 1. The number of ether oxygens (including phenoxy) is 1. The van der Waals surface area contributed by atoms with Crippen molar-refractivity contribution in [2.75, 3.05) is 0 Å². The molecule has 2 aromatic carbocycles. The highest BCUT2D eigenvalue weighted by atomic mass is 28.4. The number of hydrogen-bond acceptors (Lipinski definition) is 6. The number of esters is 1. The third-order valence-electron chi connectivity index (χ3n) is 8.84. The molecular weight excluding hydrogens is 530 g/mol. The SMILES string of the molecule is CC1CCC(OC(=O)c2cnc3c(n2)CC(O[Si](c2ccccc2)(c2ccccc2)C(C)(C)C)CC3)(C(N)=O)CC1. The predicted octanol–water partition coefficient (Wildman–Crippen LogP) is 4.50. The molecule has 2 aliphatic carbocycles. The summed E-state index contributed by atoms with van der Waals surface area (Å²) in [5.41, 5.74) is 6.18. The van der Waals surface area contributed by atoms with E-state index in [1.54, 1.807) is 0 Å². The number of carbonyl (C=O) groups excluding carboxylic acids is 2. The molecule has 8 heteroatoms. The first kappa shape index (κ1) is 29.1. The van der Waals surface area contributed by atoms with Crippen LogP contribution in [0.4, 0.5) is 0 Å². The Balaban J connectivity index is 1.43. The fraction of sp³-hybridized carbons (Fsp3) is 0.455. The fourth-order valence-electron chi connectivity index (χ4n) is 6.44. The Labute approximate surface area is 244 Å². The van der Waals surface area contributed by atoms with Crippen LogP contribution in [0.1, 0.15) is 81.7 Å². The van der Waals surface area contributed by atoms with Crippen LogP contribution in [0.25, 0.3) is 0 Å². The lowest BCUT2D eigenvalue weighted by Gasteiger charge is -2.45. The average Bonchev–Trinajstić information content (AvgIpc) is 2.97. The lowest BCUT2D eigenvalue weighted by molar-refractivity contribution is -0.141. The minimum Gasteiger partial charge on any atom is -0.444 e. The third kappa shape index (κ3) is 5.72. The van der Waals surface area contributed by atoms with Gasteiger partial charge >= 0.3 is 5.97 Å². The van der Waals surface area contributed by atoms with Crippen molar-refractivity contribution in [1.82, 2.24) is 9.97 Å². The molecule has 1 saturated carbocycles. The van der Waals surface area contributed by atoms with Gasteiger partial charge in [0.2, 0.25) is 0 Å². The molecule has 2 N–H and O–H groups in total. The Morgan fingerprint density at radius 1 is 0.927 bits per heavy atom. The summed E-state index contributed by atoms with van der Waals surface area (Å²) in [5, 5.41) is 2.31. The maximum Gasteiger partial charge on any atom is 0.359 e. The number of nitrogens with zero attached hydrogens (tertiary/aromatic N) is 2. The van der Waals surface area contributed by atoms with Crippen LogP contribution in [-0.4, -0.2) is 41.9 Å². The molecule has 0 aliphatic heterocycles. The summed E-state index contributed by atoms with van der Waals surface area (Å²) in [7, 11) is -2.74. The Hall–Kier alpha value is -3.36. The lowest BCUT2D eigenvalue weighted by atomic mass is 9.79. The van der Waals surface area contributed by atoms with E-state index in [9.17, 15) is 9.59 Å². The largest absolute Gasteiger partial charge is 0.444 e. The van der Waals surface area contributed by atoms with Gasteiger partial charge in [-0.3, -0.25) is 9.78 Å². The first-order chi connectivity index (χ1) is 19.5. The summed E-state index contributed by atoms with van der Waals surface area (Å²) < 4.78 is 13.1. The Morgan fingerprint density at radius 3 is 2.05 bits per heavy atom. The number of aryl methyl sites for hydroxylation is 1. The van der Waals surface area contributed by atoms with Crippen molar-refractivity contribution in [3.8, 4) is 0 Å². The summed E-state index contributed by atoms with van der Waals surface area (Å²) in [5.74, 6) is -0.775. The molecule has 1 amide bonds. The van der Waals surface area contributed by atoms with Crippen LogP contribution in [-0.2, 0) is 26.8 Å². The van der Waals surface area contributed by atoms with Crippen molar-refractivity contribution in [2.45, 2.75) is 89.4 Å². The quantitative estimate of drug-likeness (QED) is 0.331. The molecule has 0 radical (unpaired) electrons. The summed E-state index contributed by atoms with van der Waals surface area (Å²) in [6, 6.07) is 21.2. The Morgan fingerprint density at radius 2 is 1.51 bits per heavy atom. The van der Waals surface area contributed by atoms with Crippen molar-refractivity contribution in [2.24, 2.45) is 11.7 Å². The highest BCUT2D eigenvalue weighted by molar-refractivity contribution is 6.99. The van der Waals surface area contributed by atoms with Gasteiger partial charge in [0.05, 0.1) is 23.7 Å². The first-order valence-corrected chi connectivity index (χ1v) is 16.6. The highest BCUT2D eigenvalue weighted by Gasteiger charge is 2.52. The monoisotopic (exact) mass is 571 g/mol. The second-order valence-electron chi connectivity index (χ2n) is 12.7. The minimum atomic E-state index is -2.74. The van der Waals surface area contributed by atoms with Gasteiger partial charge in [-0.05, 0) is 59.9 Å². The summed E-state index contributed by atoms with van der Waals surface area (Å²) in [6.45, 7) is 8.94. The lowest BCUT2D eigenvalue weighted by Crippen LogP contribution is -2.68. The first-order valence-electron chi connectivity index (χ1n) is 14.7. The zero-order valence-corrected chi connectivity index (χ0v) is 25.6. The third-order valence-corrected chi connectivity index (χ3v) is 13.9. The predicted molar refractivity (Wildman–Crippen MR) is 162 cm³/mol. The van der Waals surface area contributed by atoms with E-state index >= 15 is 0 Å². The second-order valence-corrected chi connectivity index (χ2v) is 17.0. The van der Waals surface area contributed by atoms with Crippen molar-refractivity contribution in [1.29, 1.82) is 0 Å². The number of rotatable bonds is 7. The van der Waals surface area contributed by atoms with Crippen molar-refractivity contribution in [3.63, 3.8) is 0 Å². The molecule has 3 aromatic rings. The van der Waals surface area contributed by atoms with Gasteiger partial charge in [0, 0.05) is 6.42 Å². The number of benzene rings is 2. The topological polar surface area (TPSA) is 104 Å². The number of hydrogen-bond donors (Lipinski definition) is 1. The average molecular weight is 572 g/mol. The van der Waals surface area contributed by atoms with Gasteiger partial charge in [-0.25, -0.2) is 9.78 Å². The van der Waals surface area contributed by atoms with Crippen LogP contribution in [0.15, 0.2) is 66.9 Å². The normalized spacial score (nSPS) is 22.9. The number of primary amides is 1. The smallest absolute Gasteiger partial charge is 0.359 e. The summed E-state index contributed by atoms with van der Waals surface area (Å²) >= 11 is 0. The van der Waals surface area contributed by atoms with E-state index in [2.05, 4.69) is 81.2 Å². The zero-order chi connectivity index (χ0) is 29.3. The van der Waals surface area contributed by atoms with E-state index in [0.717, 1.165) is 30.7 Å². The van der Waals surface area contributed by atoms with Crippen molar-refractivity contribution in [3.05, 3.63) is 83.9 Å². The number of aromatic nitrogens is 2. The van der Waals surface area contributed by atoms with Gasteiger partial charge in [-0.2, -0.15) is 0 Å². The molecule has 41 heavy (non-hydrogen) atoms. The van der Waals surface area contributed by atoms with Gasteiger partial charge < -0.3 is 14.9 Å². The van der Waals surface area contributed by atoms with Crippen LogP contribution in [0.3, 0.4) is 0 Å². The molecule has 7 nitrogen and oxygen atoms in total. The number of fused-ring (bicyclic) bond motifs is 1. The standard InChI is InChI=1S/C33H41N3O4Si/c1-23-17-19-33(20-18-23,31(34)38)39-30(37)29-22-35-27-16-15-24(21-28(27)36-29)40-41(32(2,3)4,25-11-7-5-8-12-25)26-13-9-6-10-14-26/h5-14,22-24H,15-21H2,1-4H3,(H2,34,38). The molecular formula is C33H41N3O4Si. The molecule has 1 atom stereocenters. The van der Waals surface area contributed by atoms with E-state index in [-0.39, 0.29) is 16.8 Å². The van der Waals surface area contributed by atoms with E-state index in [1.807, 2.05) is 12.1 Å². The van der Waals surface area contributed by atoms with Crippen LogP contribution in [0.2, 0.25) is 5.04 Å². The molecule has 216 valence electrons. The molecule has 2 aliphatic rings. The number of nitrogens with two attached hydrogens (primary N) is 1. The van der Waals surface area contributed by atoms with Crippen LogP contribution in [0, 0.1) is 5.92 Å². The molecule has 1 heterocycles. The Kier molecular flexibility index (Phi) is 8.17. The summed E-state index contributed by atoms with van der Waals surface area (Å²) in [6.07, 6.45) is 5.89. The maximum atomic E-state index is 13.2. The van der Waals surface area contributed by atoms with E-state index < -0.39 is 25.8 Å². The molecule has 5 rings (SSSR count). The molecule has 1 aromatic heterocycles. The molecule has 0 saturated heterocycles. The van der Waals surface area contributed by atoms with E-state index in [0.29, 0.717) is 31.6 Å². The molecule has 1 fully saturated rings. The van der Waals surface area contributed by atoms with Crippen molar-refractivity contribution >= 4 is 30.6 Å². The zero-order valence-electron chi connectivity index (χ0n) is 24.6. The Bertz CT molecular complexity index is 1340. The molecule has 0 spiro atoms. The fourth-order valence-corrected chi connectivity index (χ4v) is 11.2. The summed E-state index contributed by atoms with van der Waals surface area (Å²) in [4.78, 5) is 34.9. The highest BCUT2D eigenvalue weighted by Crippen LogP contribution is 2.39. The van der Waals surface area contributed by atoms with Gasteiger partial charge in [0.1, 0.15) is 0 Å². The van der Waals surface area contributed by atoms with Crippen LogP contribution in [0.5, 0.6) is 0 Å². The van der Waals surface area contributed by atoms with Gasteiger partial charge in [0.25, 0.3) is 14.2 Å². The number of carbonyl (C=O) groups is 2. The molecule has 0 bridgehead atoms. The van der Waals surface area contributed by atoms with E-state index in [4.69, 9.17) is 19.9 Å². The minimum absolute atomic E-state index is 0.0915. The van der Waals surface area contributed by atoms with Gasteiger partial charge in [-0.1, -0.05) is 88.4 Å². The van der Waals surface area contributed by atoms with E-state index in [1.165, 1.54) is 16.6 Å². The molecule has 1 unspecified atom stereocenters. The van der Waals surface area contributed by atoms with Gasteiger partial charge in [-0.15, -0.1) is 0 Å². The van der Waals surface area contributed by atoms with Crippen LogP contribution < -0.4 is 16.1 Å².